The molecule has 0 aliphatic heterocycles. The van der Waals surface area contributed by atoms with Crippen LogP contribution in [0.4, 0.5) is 5.69 Å². The smallest absolute Gasteiger partial charge is 0.307 e. The number of hydrogen-bond acceptors (Lipinski definition) is 3. The van der Waals surface area contributed by atoms with Crippen LogP contribution >= 0.6 is 22.6 Å². The van der Waals surface area contributed by atoms with Gasteiger partial charge in [-0.3, -0.25) is 9.52 Å². The molecule has 21 heavy (non-hydrogen) atoms. The number of halogens is 1. The fourth-order valence-electron chi connectivity index (χ4n) is 1.75. The summed E-state index contributed by atoms with van der Waals surface area (Å²) in [6.45, 7) is 0. The Morgan fingerprint density at radius 1 is 1.14 bits per heavy atom. The minimum atomic E-state index is -3.68. The highest BCUT2D eigenvalue weighted by Crippen LogP contribution is 2.18. The summed E-state index contributed by atoms with van der Waals surface area (Å²) in [7, 11) is -3.68. The van der Waals surface area contributed by atoms with Crippen molar-refractivity contribution in [3.8, 4) is 0 Å². The zero-order valence-electron chi connectivity index (χ0n) is 10.8. The molecule has 0 unspecified atom stereocenters. The minimum Gasteiger partial charge on any atom is -0.481 e. The van der Waals surface area contributed by atoms with Crippen LogP contribution in [0.3, 0.4) is 0 Å². The Morgan fingerprint density at radius 2 is 1.81 bits per heavy atom. The molecule has 5 nitrogen and oxygen atoms in total. The largest absolute Gasteiger partial charge is 0.481 e. The first-order valence-electron chi connectivity index (χ1n) is 5.96. The van der Waals surface area contributed by atoms with Crippen LogP contribution in [0.2, 0.25) is 0 Å². The highest BCUT2D eigenvalue weighted by Gasteiger charge is 2.14. The van der Waals surface area contributed by atoms with Crippen molar-refractivity contribution < 1.29 is 18.3 Å². The van der Waals surface area contributed by atoms with E-state index in [4.69, 9.17) is 5.11 Å². The summed E-state index contributed by atoms with van der Waals surface area (Å²) in [5.41, 5.74) is 0.873. The van der Waals surface area contributed by atoms with Crippen molar-refractivity contribution in [2.45, 2.75) is 11.3 Å². The lowest BCUT2D eigenvalue weighted by molar-refractivity contribution is -0.136. The van der Waals surface area contributed by atoms with Gasteiger partial charge in [-0.2, -0.15) is 0 Å². The number of aliphatic carboxylic acids is 1. The van der Waals surface area contributed by atoms with E-state index in [1.54, 1.807) is 30.3 Å². The van der Waals surface area contributed by atoms with Gasteiger partial charge >= 0.3 is 5.97 Å². The van der Waals surface area contributed by atoms with E-state index < -0.39 is 16.0 Å². The molecule has 7 heteroatoms. The summed E-state index contributed by atoms with van der Waals surface area (Å²) in [6, 6.07) is 12.8. The van der Waals surface area contributed by atoms with Gasteiger partial charge in [0, 0.05) is 9.26 Å². The average Bonchev–Trinajstić information content (AvgIpc) is 2.38. The van der Waals surface area contributed by atoms with Crippen LogP contribution in [0.25, 0.3) is 0 Å². The second-order valence-corrected chi connectivity index (χ2v) is 7.26. The number of carboxylic acids is 1. The van der Waals surface area contributed by atoms with Crippen molar-refractivity contribution in [3.05, 3.63) is 57.7 Å². The third-order valence-corrected chi connectivity index (χ3v) is 4.77. The van der Waals surface area contributed by atoms with Gasteiger partial charge in [0.05, 0.1) is 11.3 Å². The summed E-state index contributed by atoms with van der Waals surface area (Å²) < 4.78 is 27.8. The first-order chi connectivity index (χ1) is 9.87. The normalized spacial score (nSPS) is 11.1. The van der Waals surface area contributed by atoms with Crippen molar-refractivity contribution in [1.82, 2.24) is 0 Å². The van der Waals surface area contributed by atoms with Gasteiger partial charge in [0.25, 0.3) is 10.0 Å². The third kappa shape index (κ3) is 4.43. The third-order valence-electron chi connectivity index (χ3n) is 2.66. The van der Waals surface area contributed by atoms with Gasteiger partial charge in [-0.25, -0.2) is 8.42 Å². The molecule has 0 saturated heterocycles. The highest BCUT2D eigenvalue weighted by atomic mass is 127. The predicted molar refractivity (Wildman–Crippen MR) is 87.7 cm³/mol. The van der Waals surface area contributed by atoms with Crippen LogP contribution in [0.15, 0.2) is 53.4 Å². The molecular weight excluding hydrogens is 405 g/mol. The van der Waals surface area contributed by atoms with Gasteiger partial charge < -0.3 is 5.11 Å². The number of sulfonamides is 1. The summed E-state index contributed by atoms with van der Waals surface area (Å²) in [6.07, 6.45) is -0.154. The second kappa shape index (κ2) is 6.44. The average molecular weight is 417 g/mol. The molecule has 0 radical (unpaired) electrons. The van der Waals surface area contributed by atoms with E-state index in [0.717, 1.165) is 3.57 Å². The maximum absolute atomic E-state index is 12.2. The quantitative estimate of drug-likeness (QED) is 0.733. The number of rotatable bonds is 5. The van der Waals surface area contributed by atoms with Crippen LogP contribution in [-0.2, 0) is 21.2 Å². The first-order valence-corrected chi connectivity index (χ1v) is 8.52. The van der Waals surface area contributed by atoms with E-state index in [-0.39, 0.29) is 11.3 Å². The molecule has 0 fully saturated rings. The predicted octanol–water partition coefficient (Wildman–Crippen LogP) is 2.72. The lowest BCUT2D eigenvalue weighted by Crippen LogP contribution is -2.13. The molecule has 0 spiro atoms. The van der Waals surface area contributed by atoms with Gasteiger partial charge in [-0.1, -0.05) is 12.1 Å². The lowest BCUT2D eigenvalue weighted by Gasteiger charge is -2.09. The van der Waals surface area contributed by atoms with E-state index in [2.05, 4.69) is 27.3 Å². The topological polar surface area (TPSA) is 83.5 Å². The Hall–Kier alpha value is -1.61. The molecule has 0 saturated carbocycles. The zero-order valence-corrected chi connectivity index (χ0v) is 13.8. The molecular formula is C14H12INO4S. The number of benzene rings is 2. The maximum Gasteiger partial charge on any atom is 0.307 e. The summed E-state index contributed by atoms with van der Waals surface area (Å²) >= 11 is 2.09. The van der Waals surface area contributed by atoms with E-state index in [0.29, 0.717) is 11.3 Å². The number of anilines is 1. The highest BCUT2D eigenvalue weighted by molar-refractivity contribution is 14.1. The SMILES string of the molecule is O=C(O)Cc1cccc(NS(=O)(=O)c2ccc(I)cc2)c1. The fourth-order valence-corrected chi connectivity index (χ4v) is 3.16. The van der Waals surface area contributed by atoms with Gasteiger partial charge in [0.2, 0.25) is 0 Å². The molecule has 0 aliphatic carbocycles. The molecule has 0 heterocycles. The van der Waals surface area contributed by atoms with Crippen molar-refractivity contribution in [2.75, 3.05) is 4.72 Å². The van der Waals surface area contributed by atoms with E-state index in [9.17, 15) is 13.2 Å². The Bertz CT molecular complexity index is 757. The van der Waals surface area contributed by atoms with Crippen LogP contribution in [0.1, 0.15) is 5.56 Å². The Labute approximate surface area is 136 Å². The molecule has 110 valence electrons. The molecule has 0 amide bonds. The van der Waals surface area contributed by atoms with Crippen molar-refractivity contribution in [3.63, 3.8) is 0 Å². The van der Waals surface area contributed by atoms with Crippen LogP contribution in [-0.4, -0.2) is 19.5 Å². The summed E-state index contributed by atoms with van der Waals surface area (Å²) in [4.78, 5) is 10.8. The lowest BCUT2D eigenvalue weighted by atomic mass is 10.1. The number of carbonyl (C=O) groups is 1. The van der Waals surface area contributed by atoms with Crippen molar-refractivity contribution in [1.29, 1.82) is 0 Å². The number of nitrogens with one attached hydrogen (secondary N) is 1. The monoisotopic (exact) mass is 417 g/mol. The molecule has 2 aromatic carbocycles. The van der Waals surface area contributed by atoms with Crippen LogP contribution in [0, 0.1) is 3.57 Å². The Balaban J connectivity index is 2.24. The number of carboxylic acid groups (broad SMARTS) is 1. The number of hydrogen-bond donors (Lipinski definition) is 2. The van der Waals surface area contributed by atoms with E-state index in [1.165, 1.54) is 18.2 Å². The summed E-state index contributed by atoms with van der Waals surface area (Å²) in [5.74, 6) is -0.965. The standard InChI is InChI=1S/C14H12INO4S/c15-11-4-6-13(7-5-11)21(19,20)16-12-3-1-2-10(8-12)9-14(17)18/h1-8,16H,9H2,(H,17,18). The minimum absolute atomic E-state index is 0.154. The van der Waals surface area contributed by atoms with Gasteiger partial charge in [-0.15, -0.1) is 0 Å². The molecule has 2 aromatic rings. The van der Waals surface area contributed by atoms with Crippen LogP contribution in [0.5, 0.6) is 0 Å². The van der Waals surface area contributed by atoms with Gasteiger partial charge in [-0.05, 0) is 64.6 Å². The van der Waals surface area contributed by atoms with E-state index >= 15 is 0 Å². The van der Waals surface area contributed by atoms with Gasteiger partial charge in [0.15, 0.2) is 0 Å². The molecule has 0 aliphatic rings. The molecule has 0 atom stereocenters. The molecule has 0 aromatic heterocycles. The maximum atomic E-state index is 12.2. The Morgan fingerprint density at radius 3 is 2.43 bits per heavy atom. The first kappa shape index (κ1) is 15.8. The zero-order chi connectivity index (χ0) is 15.5. The Kier molecular flexibility index (Phi) is 4.84. The second-order valence-electron chi connectivity index (χ2n) is 4.33. The van der Waals surface area contributed by atoms with Crippen LogP contribution < -0.4 is 4.72 Å². The fraction of sp³-hybridized carbons (Fsp3) is 0.0714. The van der Waals surface area contributed by atoms with Gasteiger partial charge in [0.1, 0.15) is 0 Å². The van der Waals surface area contributed by atoms with Crippen molar-refractivity contribution in [2.24, 2.45) is 0 Å². The molecule has 2 N–H and O–H groups in total. The van der Waals surface area contributed by atoms with E-state index in [1.807, 2.05) is 0 Å². The molecule has 2 rings (SSSR count). The molecule has 0 bridgehead atoms. The van der Waals surface area contributed by atoms with Crippen molar-refractivity contribution >= 4 is 44.3 Å². The summed E-state index contributed by atoms with van der Waals surface area (Å²) in [5, 5.41) is 8.75.